The molecule has 0 aliphatic rings. The molecular formula is C14H14N4S. The van der Waals surface area contributed by atoms with Gasteiger partial charge in [-0.15, -0.1) is 10.2 Å². The average Bonchev–Trinajstić information content (AvgIpc) is 2.85. The number of anilines is 1. The molecule has 2 aromatic heterocycles. The Morgan fingerprint density at radius 3 is 2.79 bits per heavy atom. The number of nitrogen functional groups attached to an aromatic ring is 1. The van der Waals surface area contributed by atoms with Gasteiger partial charge in [0.05, 0.1) is 0 Å². The van der Waals surface area contributed by atoms with E-state index in [0.29, 0.717) is 0 Å². The van der Waals surface area contributed by atoms with Crippen LogP contribution in [0.1, 0.15) is 5.56 Å². The molecule has 96 valence electrons. The summed E-state index contributed by atoms with van der Waals surface area (Å²) in [5, 5.41) is 9.24. The molecule has 0 aliphatic carbocycles. The number of aromatic nitrogens is 3. The molecule has 0 amide bonds. The van der Waals surface area contributed by atoms with Gasteiger partial charge in [0.2, 0.25) is 0 Å². The van der Waals surface area contributed by atoms with E-state index in [1.165, 1.54) is 5.56 Å². The fourth-order valence-corrected chi connectivity index (χ4v) is 2.83. The highest BCUT2D eigenvalue weighted by Gasteiger charge is 2.05. The molecule has 2 heterocycles. The number of pyridine rings is 1. The maximum atomic E-state index is 5.93. The van der Waals surface area contributed by atoms with Crippen molar-refractivity contribution in [3.05, 3.63) is 54.2 Å². The predicted octanol–water partition coefficient (Wildman–Crippen LogP) is 2.65. The van der Waals surface area contributed by atoms with Crippen molar-refractivity contribution in [1.82, 2.24) is 14.6 Å². The molecule has 19 heavy (non-hydrogen) atoms. The second-order valence-corrected chi connectivity index (χ2v) is 5.27. The second-order valence-electron chi connectivity index (χ2n) is 4.21. The molecule has 0 saturated carbocycles. The molecule has 0 unspecified atom stereocenters. The zero-order valence-electron chi connectivity index (χ0n) is 10.4. The van der Waals surface area contributed by atoms with Crippen molar-refractivity contribution in [3.63, 3.8) is 0 Å². The minimum Gasteiger partial charge on any atom is -0.399 e. The van der Waals surface area contributed by atoms with Gasteiger partial charge in [-0.25, -0.2) is 0 Å². The molecule has 1 aromatic carbocycles. The van der Waals surface area contributed by atoms with E-state index >= 15 is 0 Å². The van der Waals surface area contributed by atoms with E-state index < -0.39 is 0 Å². The van der Waals surface area contributed by atoms with Gasteiger partial charge < -0.3 is 5.73 Å². The summed E-state index contributed by atoms with van der Waals surface area (Å²) < 4.78 is 2.00. The van der Waals surface area contributed by atoms with Gasteiger partial charge in [-0.05, 0) is 30.2 Å². The Balaban J connectivity index is 1.68. The third kappa shape index (κ3) is 2.56. The number of nitrogens with two attached hydrogens (primary N) is 1. The third-order valence-corrected chi connectivity index (χ3v) is 3.88. The molecule has 2 N–H and O–H groups in total. The summed E-state index contributed by atoms with van der Waals surface area (Å²) in [6.45, 7) is 0. The summed E-state index contributed by atoms with van der Waals surface area (Å²) in [5.41, 5.74) is 8.85. The Hall–Kier alpha value is -2.01. The standard InChI is InChI=1S/C14H14N4S/c15-12-6-2-1-5-11(12)8-10-19-14-17-16-13-7-3-4-9-18(13)14/h1-7,9H,8,10,15H2. The molecule has 4 nitrogen and oxygen atoms in total. The van der Waals surface area contributed by atoms with Crippen LogP contribution >= 0.6 is 11.8 Å². The van der Waals surface area contributed by atoms with Gasteiger partial charge in [-0.1, -0.05) is 36.0 Å². The summed E-state index contributed by atoms with van der Waals surface area (Å²) in [5.74, 6) is 0.934. The number of hydrogen-bond donors (Lipinski definition) is 1. The number of thioether (sulfide) groups is 1. The highest BCUT2D eigenvalue weighted by atomic mass is 32.2. The van der Waals surface area contributed by atoms with Crippen molar-refractivity contribution >= 4 is 23.1 Å². The minimum absolute atomic E-state index is 0.856. The van der Waals surface area contributed by atoms with Crippen LogP contribution in [0, 0.1) is 0 Å². The monoisotopic (exact) mass is 270 g/mol. The summed E-state index contributed by atoms with van der Waals surface area (Å²) in [4.78, 5) is 0. The fraction of sp³-hybridized carbons (Fsp3) is 0.143. The molecule has 0 spiro atoms. The van der Waals surface area contributed by atoms with Crippen LogP contribution in [0.5, 0.6) is 0 Å². The van der Waals surface area contributed by atoms with Gasteiger partial charge in [0.25, 0.3) is 0 Å². The van der Waals surface area contributed by atoms with E-state index in [0.717, 1.165) is 28.7 Å². The lowest BCUT2D eigenvalue weighted by Crippen LogP contribution is -1.96. The molecular weight excluding hydrogens is 256 g/mol. The van der Waals surface area contributed by atoms with Crippen molar-refractivity contribution in [1.29, 1.82) is 0 Å². The Morgan fingerprint density at radius 2 is 1.89 bits per heavy atom. The first-order valence-electron chi connectivity index (χ1n) is 6.10. The molecule has 3 aromatic rings. The van der Waals surface area contributed by atoms with Gasteiger partial charge in [-0.2, -0.15) is 0 Å². The first-order chi connectivity index (χ1) is 9.34. The van der Waals surface area contributed by atoms with Crippen LogP contribution in [0.15, 0.2) is 53.8 Å². The van der Waals surface area contributed by atoms with Crippen LogP contribution in [-0.2, 0) is 6.42 Å². The maximum absolute atomic E-state index is 5.93. The maximum Gasteiger partial charge on any atom is 0.195 e. The third-order valence-electron chi connectivity index (χ3n) is 2.94. The van der Waals surface area contributed by atoms with E-state index in [2.05, 4.69) is 16.3 Å². The van der Waals surface area contributed by atoms with Crippen LogP contribution < -0.4 is 5.73 Å². The first kappa shape index (κ1) is 12.0. The Kier molecular flexibility index (Phi) is 3.37. The lowest BCUT2D eigenvalue weighted by atomic mass is 10.1. The van der Waals surface area contributed by atoms with Crippen molar-refractivity contribution in [2.45, 2.75) is 11.6 Å². The van der Waals surface area contributed by atoms with Gasteiger partial charge in [0.15, 0.2) is 10.8 Å². The summed E-state index contributed by atoms with van der Waals surface area (Å²) in [6.07, 6.45) is 2.91. The largest absolute Gasteiger partial charge is 0.399 e. The molecule has 0 bridgehead atoms. The number of para-hydroxylation sites is 1. The highest BCUT2D eigenvalue weighted by Crippen LogP contribution is 2.19. The SMILES string of the molecule is Nc1ccccc1CCSc1nnc2ccccn12. The van der Waals surface area contributed by atoms with Gasteiger partial charge in [0.1, 0.15) is 0 Å². The van der Waals surface area contributed by atoms with Crippen molar-refractivity contribution in [2.24, 2.45) is 0 Å². The lowest BCUT2D eigenvalue weighted by Gasteiger charge is -2.04. The Morgan fingerprint density at radius 1 is 1.05 bits per heavy atom. The van der Waals surface area contributed by atoms with Gasteiger partial charge in [0, 0.05) is 17.6 Å². The molecule has 0 saturated heterocycles. The van der Waals surface area contributed by atoms with E-state index in [4.69, 9.17) is 5.73 Å². The van der Waals surface area contributed by atoms with Crippen LogP contribution in [0.3, 0.4) is 0 Å². The number of benzene rings is 1. The molecule has 0 fully saturated rings. The zero-order chi connectivity index (χ0) is 13.1. The first-order valence-corrected chi connectivity index (χ1v) is 7.09. The molecule has 0 aliphatic heterocycles. The van der Waals surface area contributed by atoms with Gasteiger partial charge >= 0.3 is 0 Å². The van der Waals surface area contributed by atoms with Crippen LogP contribution in [0.4, 0.5) is 5.69 Å². The number of hydrogen-bond acceptors (Lipinski definition) is 4. The lowest BCUT2D eigenvalue weighted by molar-refractivity contribution is 0.919. The number of fused-ring (bicyclic) bond motifs is 1. The number of aryl methyl sites for hydroxylation is 1. The van der Waals surface area contributed by atoms with Gasteiger partial charge in [-0.3, -0.25) is 4.40 Å². The van der Waals surface area contributed by atoms with Crippen molar-refractivity contribution in [2.75, 3.05) is 11.5 Å². The minimum atomic E-state index is 0.856. The van der Waals surface area contributed by atoms with Crippen molar-refractivity contribution in [3.8, 4) is 0 Å². The quantitative estimate of drug-likeness (QED) is 0.585. The van der Waals surface area contributed by atoms with Crippen LogP contribution in [0.2, 0.25) is 0 Å². The van der Waals surface area contributed by atoms with E-state index in [1.54, 1.807) is 11.8 Å². The second kappa shape index (κ2) is 5.32. The highest BCUT2D eigenvalue weighted by molar-refractivity contribution is 7.99. The molecule has 0 atom stereocenters. The summed E-state index contributed by atoms with van der Waals surface area (Å²) in [6, 6.07) is 13.9. The number of rotatable bonds is 4. The van der Waals surface area contributed by atoms with E-state index in [1.807, 2.05) is 47.0 Å². The van der Waals surface area contributed by atoms with Crippen LogP contribution in [0.25, 0.3) is 5.65 Å². The van der Waals surface area contributed by atoms with Crippen molar-refractivity contribution < 1.29 is 0 Å². The predicted molar refractivity (Wildman–Crippen MR) is 78.3 cm³/mol. The Bertz CT molecular complexity index is 692. The van der Waals surface area contributed by atoms with E-state index in [-0.39, 0.29) is 0 Å². The van der Waals surface area contributed by atoms with Crippen LogP contribution in [-0.4, -0.2) is 20.4 Å². The average molecular weight is 270 g/mol. The summed E-state index contributed by atoms with van der Waals surface area (Å²) >= 11 is 1.69. The number of nitrogens with zero attached hydrogens (tertiary/aromatic N) is 3. The van der Waals surface area contributed by atoms with E-state index in [9.17, 15) is 0 Å². The topological polar surface area (TPSA) is 56.2 Å². The molecule has 3 rings (SSSR count). The normalized spacial score (nSPS) is 10.9. The molecule has 5 heteroatoms. The fourth-order valence-electron chi connectivity index (χ4n) is 1.93. The Labute approximate surface area is 115 Å². The summed E-state index contributed by atoms with van der Waals surface area (Å²) in [7, 11) is 0. The zero-order valence-corrected chi connectivity index (χ0v) is 11.2. The smallest absolute Gasteiger partial charge is 0.195 e. The molecule has 0 radical (unpaired) electrons.